The van der Waals surface area contributed by atoms with Gasteiger partial charge in [0.15, 0.2) is 11.5 Å². The van der Waals surface area contributed by atoms with E-state index in [1.165, 1.54) is 13.2 Å². The van der Waals surface area contributed by atoms with Crippen LogP contribution in [0.25, 0.3) is 6.08 Å². The Balaban J connectivity index is 3.18. The molecule has 0 N–H and O–H groups in total. The first kappa shape index (κ1) is 17.9. The van der Waals surface area contributed by atoms with Gasteiger partial charge in [-0.05, 0) is 37.1 Å². The number of nitriles is 1. The Labute approximate surface area is 135 Å². The molecule has 0 spiro atoms. The van der Waals surface area contributed by atoms with Crippen molar-refractivity contribution in [2.45, 2.75) is 20.3 Å². The van der Waals surface area contributed by atoms with Crippen LogP contribution in [0.2, 0.25) is 5.02 Å². The van der Waals surface area contributed by atoms with Gasteiger partial charge in [-0.1, -0.05) is 18.5 Å². The second-order valence-electron chi connectivity index (χ2n) is 4.27. The maximum atomic E-state index is 11.6. The molecular weight excluding hydrogens is 306 g/mol. The molecule has 0 bridgehead atoms. The van der Waals surface area contributed by atoms with E-state index in [2.05, 4.69) is 0 Å². The van der Waals surface area contributed by atoms with Gasteiger partial charge in [0.25, 0.3) is 0 Å². The van der Waals surface area contributed by atoms with Crippen LogP contribution in [0.3, 0.4) is 0 Å². The smallest absolute Gasteiger partial charge is 0.348 e. The SMILES string of the molecule is CCCOc1c(Cl)cc(/C=C(\C#N)C(=O)OCC)cc1OC. The number of hydrogen-bond donors (Lipinski definition) is 0. The molecule has 6 heteroatoms. The summed E-state index contributed by atoms with van der Waals surface area (Å²) in [5, 5.41) is 9.39. The van der Waals surface area contributed by atoms with E-state index < -0.39 is 5.97 Å². The van der Waals surface area contributed by atoms with E-state index in [0.717, 1.165) is 6.42 Å². The van der Waals surface area contributed by atoms with Crippen LogP contribution in [0.15, 0.2) is 17.7 Å². The molecule has 0 atom stereocenters. The first-order valence-electron chi connectivity index (χ1n) is 6.86. The molecule has 0 aliphatic carbocycles. The molecule has 0 saturated heterocycles. The summed E-state index contributed by atoms with van der Waals surface area (Å²) in [7, 11) is 1.49. The zero-order valence-corrected chi connectivity index (χ0v) is 13.6. The third kappa shape index (κ3) is 4.68. The fourth-order valence-corrected chi connectivity index (χ4v) is 1.95. The first-order chi connectivity index (χ1) is 10.6. The van der Waals surface area contributed by atoms with Gasteiger partial charge in [-0.3, -0.25) is 0 Å². The van der Waals surface area contributed by atoms with Crippen LogP contribution in [-0.4, -0.2) is 26.3 Å². The van der Waals surface area contributed by atoms with Gasteiger partial charge in [0, 0.05) is 0 Å². The Morgan fingerprint density at radius 1 is 1.41 bits per heavy atom. The third-order valence-electron chi connectivity index (χ3n) is 2.63. The summed E-state index contributed by atoms with van der Waals surface area (Å²) in [4.78, 5) is 11.6. The Hall–Kier alpha value is -2.19. The zero-order valence-electron chi connectivity index (χ0n) is 12.8. The van der Waals surface area contributed by atoms with Gasteiger partial charge in [0.1, 0.15) is 11.6 Å². The van der Waals surface area contributed by atoms with Gasteiger partial charge in [0.05, 0.1) is 25.3 Å². The van der Waals surface area contributed by atoms with Crippen LogP contribution in [0.4, 0.5) is 0 Å². The monoisotopic (exact) mass is 323 g/mol. The maximum absolute atomic E-state index is 11.6. The zero-order chi connectivity index (χ0) is 16.5. The number of hydrogen-bond acceptors (Lipinski definition) is 5. The van der Waals surface area contributed by atoms with Crippen molar-refractivity contribution in [3.63, 3.8) is 0 Å². The van der Waals surface area contributed by atoms with Crippen LogP contribution < -0.4 is 9.47 Å². The molecule has 0 unspecified atom stereocenters. The normalized spacial score (nSPS) is 10.8. The van der Waals surface area contributed by atoms with E-state index in [4.69, 9.17) is 31.1 Å². The number of esters is 1. The van der Waals surface area contributed by atoms with Gasteiger partial charge in [-0.15, -0.1) is 0 Å². The molecule has 5 nitrogen and oxygen atoms in total. The highest BCUT2D eigenvalue weighted by molar-refractivity contribution is 6.32. The summed E-state index contributed by atoms with van der Waals surface area (Å²) in [6.45, 7) is 4.37. The molecule has 0 aliphatic rings. The van der Waals surface area contributed by atoms with Crippen LogP contribution in [0, 0.1) is 11.3 Å². The molecule has 118 valence electrons. The predicted molar refractivity (Wildman–Crippen MR) is 84.0 cm³/mol. The van der Waals surface area contributed by atoms with Crippen molar-refractivity contribution in [1.29, 1.82) is 5.26 Å². The average Bonchev–Trinajstić information content (AvgIpc) is 2.51. The maximum Gasteiger partial charge on any atom is 0.348 e. The molecule has 0 amide bonds. The first-order valence-corrected chi connectivity index (χ1v) is 7.24. The fraction of sp³-hybridized carbons (Fsp3) is 0.375. The Bertz CT molecular complexity index is 605. The average molecular weight is 324 g/mol. The number of benzene rings is 1. The van der Waals surface area contributed by atoms with Gasteiger partial charge in [0.2, 0.25) is 0 Å². The van der Waals surface area contributed by atoms with E-state index >= 15 is 0 Å². The van der Waals surface area contributed by atoms with Crippen molar-refractivity contribution in [2.75, 3.05) is 20.3 Å². The number of carbonyl (C=O) groups excluding carboxylic acids is 1. The number of carbonyl (C=O) groups is 1. The van der Waals surface area contributed by atoms with Gasteiger partial charge < -0.3 is 14.2 Å². The number of methoxy groups -OCH3 is 1. The lowest BCUT2D eigenvalue weighted by Gasteiger charge is -2.12. The number of nitrogens with zero attached hydrogens (tertiary/aromatic N) is 1. The summed E-state index contributed by atoms with van der Waals surface area (Å²) in [6, 6.07) is 5.06. The Morgan fingerprint density at radius 3 is 2.68 bits per heavy atom. The van der Waals surface area contributed by atoms with Crippen LogP contribution in [-0.2, 0) is 9.53 Å². The highest BCUT2D eigenvalue weighted by Gasteiger charge is 2.14. The van der Waals surface area contributed by atoms with Gasteiger partial charge in [-0.25, -0.2) is 4.79 Å². The van der Waals surface area contributed by atoms with Crippen molar-refractivity contribution in [3.05, 3.63) is 28.3 Å². The highest BCUT2D eigenvalue weighted by Crippen LogP contribution is 2.37. The molecule has 1 aromatic carbocycles. The second kappa shape index (κ2) is 8.96. The van der Waals surface area contributed by atoms with E-state index in [0.29, 0.717) is 28.7 Å². The van der Waals surface area contributed by atoms with E-state index in [9.17, 15) is 4.79 Å². The largest absolute Gasteiger partial charge is 0.493 e. The number of rotatable bonds is 7. The minimum atomic E-state index is -0.675. The Kier molecular flexibility index (Phi) is 7.27. The second-order valence-corrected chi connectivity index (χ2v) is 4.68. The molecule has 0 saturated carbocycles. The Morgan fingerprint density at radius 2 is 2.14 bits per heavy atom. The van der Waals surface area contributed by atoms with E-state index in [1.54, 1.807) is 19.1 Å². The van der Waals surface area contributed by atoms with E-state index in [1.807, 2.05) is 13.0 Å². The molecule has 0 aliphatic heterocycles. The standard InChI is InChI=1S/C16H18ClNO4/c1-4-6-22-15-13(17)8-11(9-14(15)20-3)7-12(10-18)16(19)21-5-2/h7-9H,4-6H2,1-3H3/b12-7+. The predicted octanol–water partition coefficient (Wildman–Crippen LogP) is 3.61. The van der Waals surface area contributed by atoms with Gasteiger partial charge >= 0.3 is 5.97 Å². The molecule has 1 rings (SSSR count). The summed E-state index contributed by atoms with van der Waals surface area (Å²) in [6.07, 6.45) is 2.23. The third-order valence-corrected chi connectivity index (χ3v) is 2.91. The lowest BCUT2D eigenvalue weighted by atomic mass is 10.1. The number of ether oxygens (including phenoxy) is 3. The quantitative estimate of drug-likeness (QED) is 0.435. The molecule has 0 radical (unpaired) electrons. The fourth-order valence-electron chi connectivity index (χ4n) is 1.68. The van der Waals surface area contributed by atoms with Crippen molar-refractivity contribution in [2.24, 2.45) is 0 Å². The summed E-state index contributed by atoms with van der Waals surface area (Å²) >= 11 is 6.18. The number of halogens is 1. The molecule has 0 aromatic heterocycles. The van der Waals surface area contributed by atoms with Crippen molar-refractivity contribution in [3.8, 4) is 17.6 Å². The molecular formula is C16H18ClNO4. The highest BCUT2D eigenvalue weighted by atomic mass is 35.5. The van der Waals surface area contributed by atoms with E-state index in [-0.39, 0.29) is 12.2 Å². The van der Waals surface area contributed by atoms with Crippen molar-refractivity contribution < 1.29 is 19.0 Å². The van der Waals surface area contributed by atoms with Gasteiger partial charge in [-0.2, -0.15) is 5.26 Å². The molecule has 1 aromatic rings. The summed E-state index contributed by atoms with van der Waals surface area (Å²) < 4.78 is 15.6. The lowest BCUT2D eigenvalue weighted by Crippen LogP contribution is -2.06. The summed E-state index contributed by atoms with van der Waals surface area (Å²) in [5.41, 5.74) is 0.442. The van der Waals surface area contributed by atoms with Crippen LogP contribution in [0.1, 0.15) is 25.8 Å². The van der Waals surface area contributed by atoms with Crippen LogP contribution in [0.5, 0.6) is 11.5 Å². The molecule has 0 fully saturated rings. The molecule has 0 heterocycles. The minimum absolute atomic E-state index is 0.109. The molecule has 22 heavy (non-hydrogen) atoms. The van der Waals surface area contributed by atoms with Crippen LogP contribution >= 0.6 is 11.6 Å². The summed E-state index contributed by atoms with van der Waals surface area (Å²) in [5.74, 6) is 0.206. The lowest BCUT2D eigenvalue weighted by molar-refractivity contribution is -0.137. The van der Waals surface area contributed by atoms with Crippen molar-refractivity contribution in [1.82, 2.24) is 0 Å². The topological polar surface area (TPSA) is 68.5 Å². The minimum Gasteiger partial charge on any atom is -0.493 e. The van der Waals surface area contributed by atoms with Crippen molar-refractivity contribution >= 4 is 23.6 Å².